The van der Waals surface area contributed by atoms with Crippen molar-refractivity contribution in [2.24, 2.45) is 0 Å². The van der Waals surface area contributed by atoms with E-state index in [4.69, 9.17) is 4.74 Å². The van der Waals surface area contributed by atoms with Crippen LogP contribution in [0.2, 0.25) is 0 Å². The maximum absolute atomic E-state index is 11.7. The van der Waals surface area contributed by atoms with Gasteiger partial charge in [0.05, 0.1) is 6.54 Å². The van der Waals surface area contributed by atoms with E-state index in [9.17, 15) is 4.79 Å². The summed E-state index contributed by atoms with van der Waals surface area (Å²) >= 11 is 1.62. The lowest BCUT2D eigenvalue weighted by atomic mass is 10.2. The van der Waals surface area contributed by atoms with Crippen LogP contribution in [-0.4, -0.2) is 34.4 Å². The van der Waals surface area contributed by atoms with Gasteiger partial charge in [-0.05, 0) is 24.6 Å². The van der Waals surface area contributed by atoms with Crippen LogP contribution < -0.4 is 5.32 Å². The highest BCUT2D eigenvalue weighted by molar-refractivity contribution is 7.98. The maximum Gasteiger partial charge on any atom is 0.246 e. The number of thioether (sulfide) groups is 1. The number of carbonyl (C=O) groups excluding carboxylic acids is 1. The van der Waals surface area contributed by atoms with E-state index in [0.29, 0.717) is 5.82 Å². The van der Waals surface area contributed by atoms with Crippen molar-refractivity contribution < 1.29 is 9.53 Å². The minimum Gasteiger partial charge on any atom is -0.375 e. The molecule has 0 aliphatic carbocycles. The zero-order valence-corrected chi connectivity index (χ0v) is 16.2. The summed E-state index contributed by atoms with van der Waals surface area (Å²) in [4.78, 5) is 11.7. The second-order valence-corrected chi connectivity index (χ2v) is 7.00. The predicted octanol–water partition coefficient (Wildman–Crippen LogP) is 3.13. The number of rotatable bonds is 8. The molecule has 0 fully saturated rings. The summed E-state index contributed by atoms with van der Waals surface area (Å²) in [6.45, 7) is 2.36. The quantitative estimate of drug-likeness (QED) is 0.606. The van der Waals surface area contributed by atoms with Crippen LogP contribution in [0.5, 0.6) is 0 Å². The van der Waals surface area contributed by atoms with Crippen molar-refractivity contribution in [3.8, 4) is 5.69 Å². The topological polar surface area (TPSA) is 69.0 Å². The average molecular weight is 382 g/mol. The molecule has 3 aromatic rings. The zero-order valence-electron chi connectivity index (χ0n) is 15.4. The molecular formula is C20H22N4O2S. The Kier molecular flexibility index (Phi) is 6.62. The van der Waals surface area contributed by atoms with Crippen LogP contribution in [0.3, 0.4) is 0 Å². The van der Waals surface area contributed by atoms with Gasteiger partial charge in [-0.2, -0.15) is 0 Å². The summed E-state index contributed by atoms with van der Waals surface area (Å²) in [6, 6.07) is 18.4. The number of hydrogen-bond acceptors (Lipinski definition) is 5. The summed E-state index contributed by atoms with van der Waals surface area (Å²) in [5.41, 5.74) is 3.37. The monoisotopic (exact) mass is 382 g/mol. The smallest absolute Gasteiger partial charge is 0.246 e. The molecular weight excluding hydrogens is 360 g/mol. The highest BCUT2D eigenvalue weighted by Crippen LogP contribution is 2.25. The van der Waals surface area contributed by atoms with Gasteiger partial charge in [0.15, 0.2) is 11.0 Å². The summed E-state index contributed by atoms with van der Waals surface area (Å²) in [7, 11) is 1.49. The Labute approximate surface area is 163 Å². The number of methoxy groups -OCH3 is 1. The number of nitrogens with zero attached hydrogens (tertiary/aromatic N) is 3. The van der Waals surface area contributed by atoms with Crippen LogP contribution >= 0.6 is 11.8 Å². The van der Waals surface area contributed by atoms with E-state index < -0.39 is 0 Å². The van der Waals surface area contributed by atoms with Crippen LogP contribution in [0, 0.1) is 6.92 Å². The molecule has 0 spiro atoms. The fraction of sp³-hybridized carbons (Fsp3) is 0.250. The van der Waals surface area contributed by atoms with Gasteiger partial charge in [-0.1, -0.05) is 59.8 Å². The van der Waals surface area contributed by atoms with Crippen molar-refractivity contribution in [1.29, 1.82) is 0 Å². The number of aromatic nitrogens is 3. The molecule has 0 atom stereocenters. The Morgan fingerprint density at radius 2 is 1.85 bits per heavy atom. The number of ether oxygens (including phenoxy) is 1. The zero-order chi connectivity index (χ0) is 19.1. The van der Waals surface area contributed by atoms with Gasteiger partial charge in [-0.25, -0.2) is 0 Å². The molecule has 0 unspecified atom stereocenters. The third-order valence-corrected chi connectivity index (χ3v) is 4.92. The van der Waals surface area contributed by atoms with Crippen LogP contribution in [-0.2, 0) is 21.8 Å². The van der Waals surface area contributed by atoms with Crippen LogP contribution in [0.25, 0.3) is 5.69 Å². The number of benzene rings is 2. The lowest BCUT2D eigenvalue weighted by Gasteiger charge is -2.11. The molecule has 27 heavy (non-hydrogen) atoms. The summed E-state index contributed by atoms with van der Waals surface area (Å²) in [6.07, 6.45) is 0. The molecule has 6 nitrogen and oxygen atoms in total. The summed E-state index contributed by atoms with van der Waals surface area (Å²) in [5.74, 6) is 1.29. The molecule has 0 saturated carbocycles. The minimum absolute atomic E-state index is 0.0221. The molecule has 0 bridgehead atoms. The van der Waals surface area contributed by atoms with E-state index >= 15 is 0 Å². The summed E-state index contributed by atoms with van der Waals surface area (Å²) < 4.78 is 6.84. The number of aryl methyl sites for hydroxylation is 1. The van der Waals surface area contributed by atoms with Crippen molar-refractivity contribution in [2.75, 3.05) is 13.7 Å². The van der Waals surface area contributed by atoms with Gasteiger partial charge in [0, 0.05) is 18.6 Å². The SMILES string of the molecule is COCC(=O)NCc1nnc(SCc2ccccc2)n1-c1ccc(C)cc1. The number of carbonyl (C=O) groups is 1. The predicted molar refractivity (Wildman–Crippen MR) is 106 cm³/mol. The first-order valence-electron chi connectivity index (χ1n) is 8.61. The summed E-state index contributed by atoms with van der Waals surface area (Å²) in [5, 5.41) is 12.2. The van der Waals surface area contributed by atoms with E-state index in [-0.39, 0.29) is 19.1 Å². The van der Waals surface area contributed by atoms with E-state index in [1.54, 1.807) is 11.8 Å². The Morgan fingerprint density at radius 3 is 2.56 bits per heavy atom. The van der Waals surface area contributed by atoms with Gasteiger partial charge in [0.1, 0.15) is 6.61 Å². The fourth-order valence-electron chi connectivity index (χ4n) is 2.54. The molecule has 140 valence electrons. The van der Waals surface area contributed by atoms with E-state index in [1.807, 2.05) is 54.0 Å². The third kappa shape index (κ3) is 5.18. The highest BCUT2D eigenvalue weighted by atomic mass is 32.2. The fourth-order valence-corrected chi connectivity index (χ4v) is 3.47. The second kappa shape index (κ2) is 9.34. The average Bonchev–Trinajstić information content (AvgIpc) is 3.09. The van der Waals surface area contributed by atoms with Crippen molar-refractivity contribution in [2.45, 2.75) is 24.4 Å². The Morgan fingerprint density at radius 1 is 1.11 bits per heavy atom. The first-order chi connectivity index (χ1) is 13.2. The standard InChI is InChI=1S/C20H22N4O2S/c1-15-8-10-17(11-9-15)24-18(12-21-19(25)13-26-2)22-23-20(24)27-14-16-6-4-3-5-7-16/h3-11H,12-14H2,1-2H3,(H,21,25). The lowest BCUT2D eigenvalue weighted by Crippen LogP contribution is -2.27. The molecule has 0 aliphatic rings. The van der Waals surface area contributed by atoms with Gasteiger partial charge in [-0.15, -0.1) is 10.2 Å². The van der Waals surface area contributed by atoms with Gasteiger partial charge >= 0.3 is 0 Å². The third-order valence-electron chi connectivity index (χ3n) is 3.92. The van der Waals surface area contributed by atoms with Crippen molar-refractivity contribution in [3.63, 3.8) is 0 Å². The van der Waals surface area contributed by atoms with E-state index in [2.05, 4.69) is 27.6 Å². The molecule has 0 saturated heterocycles. The number of hydrogen-bond donors (Lipinski definition) is 1. The van der Waals surface area contributed by atoms with Crippen molar-refractivity contribution in [1.82, 2.24) is 20.1 Å². The Bertz CT molecular complexity index is 879. The molecule has 1 heterocycles. The molecule has 1 aromatic heterocycles. The van der Waals surface area contributed by atoms with Gasteiger partial charge in [0.2, 0.25) is 5.91 Å². The molecule has 7 heteroatoms. The molecule has 2 aromatic carbocycles. The minimum atomic E-state index is -0.186. The highest BCUT2D eigenvalue weighted by Gasteiger charge is 2.15. The molecule has 3 rings (SSSR count). The first kappa shape index (κ1) is 19.1. The second-order valence-electron chi connectivity index (χ2n) is 6.05. The number of amides is 1. The first-order valence-corrected chi connectivity index (χ1v) is 9.59. The molecule has 0 aliphatic heterocycles. The largest absolute Gasteiger partial charge is 0.375 e. The number of nitrogens with one attached hydrogen (secondary N) is 1. The van der Waals surface area contributed by atoms with Crippen molar-refractivity contribution in [3.05, 3.63) is 71.5 Å². The lowest BCUT2D eigenvalue weighted by molar-refractivity contribution is -0.124. The Hall–Kier alpha value is -2.64. The van der Waals surface area contributed by atoms with Crippen molar-refractivity contribution >= 4 is 17.7 Å². The van der Waals surface area contributed by atoms with E-state index in [1.165, 1.54) is 18.2 Å². The normalized spacial score (nSPS) is 10.7. The van der Waals surface area contributed by atoms with Gasteiger partial charge in [0.25, 0.3) is 0 Å². The van der Waals surface area contributed by atoms with Crippen LogP contribution in [0.4, 0.5) is 0 Å². The molecule has 1 N–H and O–H groups in total. The maximum atomic E-state index is 11.7. The van der Waals surface area contributed by atoms with E-state index in [0.717, 1.165) is 16.6 Å². The van der Waals surface area contributed by atoms with Crippen LogP contribution in [0.15, 0.2) is 59.8 Å². The van der Waals surface area contributed by atoms with Gasteiger partial charge < -0.3 is 10.1 Å². The van der Waals surface area contributed by atoms with Gasteiger partial charge in [-0.3, -0.25) is 9.36 Å². The van der Waals surface area contributed by atoms with Crippen LogP contribution in [0.1, 0.15) is 17.0 Å². The molecule has 0 radical (unpaired) electrons. The molecule has 1 amide bonds. The Balaban J connectivity index is 1.83.